The molecule has 3 heterocycles. The van der Waals surface area contributed by atoms with Gasteiger partial charge in [-0.15, -0.1) is 0 Å². The largest absolute Gasteiger partial charge is 0.383 e. The molecule has 2 saturated heterocycles. The van der Waals surface area contributed by atoms with Gasteiger partial charge in [-0.25, -0.2) is 0 Å². The average Bonchev–Trinajstić information content (AvgIpc) is 3.24. The first-order chi connectivity index (χ1) is 13.5. The summed E-state index contributed by atoms with van der Waals surface area (Å²) in [6.07, 6.45) is 2.68. The van der Waals surface area contributed by atoms with Gasteiger partial charge in [-0.05, 0) is 36.6 Å². The number of thioether (sulfide) groups is 1. The van der Waals surface area contributed by atoms with E-state index in [9.17, 15) is 14.4 Å². The van der Waals surface area contributed by atoms with Crippen LogP contribution in [0.15, 0.2) is 18.2 Å². The second-order valence-electron chi connectivity index (χ2n) is 7.31. The van der Waals surface area contributed by atoms with Gasteiger partial charge in [0.2, 0.25) is 17.7 Å². The fourth-order valence-electron chi connectivity index (χ4n) is 4.73. The van der Waals surface area contributed by atoms with E-state index in [4.69, 9.17) is 16.3 Å². The van der Waals surface area contributed by atoms with Crippen molar-refractivity contribution in [3.8, 4) is 0 Å². The number of ether oxygens (including phenoxy) is 1. The molecule has 0 saturated carbocycles. The number of rotatable bonds is 6. The smallest absolute Gasteiger partial charge is 0.250 e. The zero-order chi connectivity index (χ0) is 20.1. The normalized spacial score (nSPS) is 30.9. The molecule has 0 radical (unpaired) electrons. The average molecular weight is 424 g/mol. The summed E-state index contributed by atoms with van der Waals surface area (Å²) < 4.78 is 5.06. The third-order valence-corrected chi connectivity index (χ3v) is 6.80. The number of carbonyl (C=O) groups excluding carboxylic acids is 3. The van der Waals surface area contributed by atoms with Crippen molar-refractivity contribution in [3.05, 3.63) is 28.8 Å². The first-order valence-corrected chi connectivity index (χ1v) is 10.9. The third-order valence-electron chi connectivity index (χ3n) is 5.92. The molecular weight excluding hydrogens is 402 g/mol. The van der Waals surface area contributed by atoms with E-state index in [0.717, 1.165) is 5.75 Å². The Morgan fingerprint density at radius 2 is 2.07 bits per heavy atom. The maximum Gasteiger partial charge on any atom is 0.250 e. The number of halogens is 1. The summed E-state index contributed by atoms with van der Waals surface area (Å²) >= 11 is 7.88. The number of fused-ring (bicyclic) bond motifs is 4. The summed E-state index contributed by atoms with van der Waals surface area (Å²) in [5.74, 6) is -1.41. The number of methoxy groups -OCH3 is 1. The van der Waals surface area contributed by atoms with Gasteiger partial charge in [0.25, 0.3) is 0 Å². The predicted molar refractivity (Wildman–Crippen MR) is 107 cm³/mol. The highest BCUT2D eigenvalue weighted by atomic mass is 35.5. The minimum atomic E-state index is -1.28. The molecule has 1 aromatic carbocycles. The van der Waals surface area contributed by atoms with E-state index in [1.165, 1.54) is 12.0 Å². The standard InChI is InChI=1S/C19H22ClN3O4S/c1-27-7-6-23-16(24)14-13(5-8-28-2)22-19(15(14)17(23)25)11-9-10(20)3-4-12(11)21-18(19)26/h3-4,9,13-15,22H,5-8H2,1-2H3,(H,21,26)/t13-,14+,15-,19-/m0/s1. The zero-order valence-electron chi connectivity index (χ0n) is 15.7. The molecule has 2 fully saturated rings. The first-order valence-electron chi connectivity index (χ1n) is 9.18. The highest BCUT2D eigenvalue weighted by Gasteiger charge is 2.70. The van der Waals surface area contributed by atoms with Crippen LogP contribution in [0.5, 0.6) is 0 Å². The van der Waals surface area contributed by atoms with Crippen LogP contribution in [0.1, 0.15) is 12.0 Å². The lowest BCUT2D eigenvalue weighted by molar-refractivity contribution is -0.143. The van der Waals surface area contributed by atoms with Gasteiger partial charge in [0.05, 0.1) is 25.0 Å². The fourth-order valence-corrected chi connectivity index (χ4v) is 5.39. The van der Waals surface area contributed by atoms with Gasteiger partial charge in [-0.2, -0.15) is 11.8 Å². The quantitative estimate of drug-likeness (QED) is 0.673. The predicted octanol–water partition coefficient (Wildman–Crippen LogP) is 1.46. The van der Waals surface area contributed by atoms with Crippen molar-refractivity contribution < 1.29 is 19.1 Å². The number of hydrogen-bond donors (Lipinski definition) is 2. The molecule has 3 aliphatic heterocycles. The Morgan fingerprint density at radius 3 is 2.79 bits per heavy atom. The van der Waals surface area contributed by atoms with Crippen molar-refractivity contribution in [2.24, 2.45) is 11.8 Å². The molecule has 4 atom stereocenters. The maximum atomic E-state index is 13.3. The molecule has 28 heavy (non-hydrogen) atoms. The van der Waals surface area contributed by atoms with E-state index in [2.05, 4.69) is 10.6 Å². The Balaban J connectivity index is 1.81. The summed E-state index contributed by atoms with van der Waals surface area (Å²) in [5, 5.41) is 6.74. The molecule has 7 nitrogen and oxygen atoms in total. The molecular formula is C19H22ClN3O4S. The van der Waals surface area contributed by atoms with Crippen molar-refractivity contribution in [2.75, 3.05) is 37.6 Å². The number of hydrogen-bond acceptors (Lipinski definition) is 6. The number of anilines is 1. The Bertz CT molecular complexity index is 850. The minimum absolute atomic E-state index is 0.191. The van der Waals surface area contributed by atoms with E-state index in [1.807, 2.05) is 6.26 Å². The van der Waals surface area contributed by atoms with Gasteiger partial charge in [0.1, 0.15) is 5.54 Å². The van der Waals surface area contributed by atoms with Crippen LogP contribution in [0.3, 0.4) is 0 Å². The van der Waals surface area contributed by atoms with Gasteiger partial charge in [-0.3, -0.25) is 24.6 Å². The van der Waals surface area contributed by atoms with E-state index in [-0.39, 0.29) is 36.9 Å². The summed E-state index contributed by atoms with van der Waals surface area (Å²) in [5.41, 5.74) is -0.00845. The molecule has 0 aromatic heterocycles. The lowest BCUT2D eigenvalue weighted by Gasteiger charge is -2.29. The van der Waals surface area contributed by atoms with E-state index < -0.39 is 17.4 Å². The number of likely N-dealkylation sites (tertiary alicyclic amines) is 1. The Hall–Kier alpha value is -1.61. The molecule has 1 spiro atoms. The van der Waals surface area contributed by atoms with Gasteiger partial charge in [0.15, 0.2) is 0 Å². The van der Waals surface area contributed by atoms with Gasteiger partial charge >= 0.3 is 0 Å². The molecule has 0 unspecified atom stereocenters. The Labute approximate surface area is 172 Å². The molecule has 9 heteroatoms. The van der Waals surface area contributed by atoms with Crippen LogP contribution in [0.4, 0.5) is 5.69 Å². The molecule has 0 bridgehead atoms. The van der Waals surface area contributed by atoms with Crippen molar-refractivity contribution in [1.82, 2.24) is 10.2 Å². The third kappa shape index (κ3) is 2.69. The number of nitrogens with one attached hydrogen (secondary N) is 2. The molecule has 3 aliphatic rings. The molecule has 3 amide bonds. The lowest BCUT2D eigenvalue weighted by atomic mass is 9.76. The topological polar surface area (TPSA) is 87.7 Å². The number of amides is 3. The van der Waals surface area contributed by atoms with E-state index in [1.54, 1.807) is 30.0 Å². The zero-order valence-corrected chi connectivity index (χ0v) is 17.2. The number of carbonyl (C=O) groups is 3. The van der Waals surface area contributed by atoms with Crippen LogP contribution in [0.2, 0.25) is 5.02 Å². The van der Waals surface area contributed by atoms with Crippen molar-refractivity contribution in [2.45, 2.75) is 18.0 Å². The van der Waals surface area contributed by atoms with Crippen LogP contribution < -0.4 is 10.6 Å². The summed E-state index contributed by atoms with van der Waals surface area (Å²) in [4.78, 5) is 40.9. The van der Waals surface area contributed by atoms with Crippen LogP contribution in [0, 0.1) is 11.8 Å². The minimum Gasteiger partial charge on any atom is -0.383 e. The lowest BCUT2D eigenvalue weighted by Crippen LogP contribution is -2.53. The molecule has 2 N–H and O–H groups in total. The summed E-state index contributed by atoms with van der Waals surface area (Å²) in [6, 6.07) is 4.88. The highest BCUT2D eigenvalue weighted by Crippen LogP contribution is 2.53. The summed E-state index contributed by atoms with van der Waals surface area (Å²) in [7, 11) is 1.53. The van der Waals surface area contributed by atoms with Crippen LogP contribution in [-0.2, 0) is 24.7 Å². The second kappa shape index (κ2) is 7.33. The van der Waals surface area contributed by atoms with Gasteiger partial charge in [0, 0.05) is 29.4 Å². The van der Waals surface area contributed by atoms with Crippen LogP contribution in [0.25, 0.3) is 0 Å². The number of benzene rings is 1. The van der Waals surface area contributed by atoms with Gasteiger partial charge < -0.3 is 10.1 Å². The first kappa shape index (κ1) is 19.7. The molecule has 4 rings (SSSR count). The van der Waals surface area contributed by atoms with Gasteiger partial charge in [-0.1, -0.05) is 11.6 Å². The maximum absolute atomic E-state index is 13.3. The van der Waals surface area contributed by atoms with E-state index >= 15 is 0 Å². The van der Waals surface area contributed by atoms with Crippen LogP contribution >= 0.6 is 23.4 Å². The second-order valence-corrected chi connectivity index (χ2v) is 8.73. The summed E-state index contributed by atoms with van der Waals surface area (Å²) in [6.45, 7) is 0.456. The monoisotopic (exact) mass is 423 g/mol. The SMILES string of the molecule is COCCN1C(=O)[C@@H]2[C@H](CCSC)N[C@]3(C(=O)Nc4ccc(Cl)cc43)[C@@H]2C1=O. The fraction of sp³-hybridized carbons (Fsp3) is 0.526. The molecule has 150 valence electrons. The molecule has 1 aromatic rings. The van der Waals surface area contributed by atoms with Crippen LogP contribution in [-0.4, -0.2) is 60.9 Å². The number of imide groups is 1. The Kier molecular flexibility index (Phi) is 5.16. The van der Waals surface area contributed by atoms with Crippen molar-refractivity contribution >= 4 is 46.8 Å². The van der Waals surface area contributed by atoms with Crippen molar-refractivity contribution in [3.63, 3.8) is 0 Å². The highest BCUT2D eigenvalue weighted by molar-refractivity contribution is 7.98. The number of nitrogens with zero attached hydrogens (tertiary/aromatic N) is 1. The van der Waals surface area contributed by atoms with E-state index in [0.29, 0.717) is 22.7 Å². The Morgan fingerprint density at radius 1 is 1.29 bits per heavy atom. The van der Waals surface area contributed by atoms with Crippen molar-refractivity contribution in [1.29, 1.82) is 0 Å². The molecule has 0 aliphatic carbocycles.